The second-order valence-corrected chi connectivity index (χ2v) is 6.10. The Morgan fingerprint density at radius 2 is 2.04 bits per heavy atom. The van der Waals surface area contributed by atoms with Gasteiger partial charge in [-0.05, 0) is 19.4 Å². The molecule has 1 unspecified atom stereocenters. The Hall–Kier alpha value is -2.89. The molecular formula is C19H22N4O2. The molecule has 6 nitrogen and oxygen atoms in total. The van der Waals surface area contributed by atoms with Crippen LogP contribution in [0, 0.1) is 0 Å². The number of H-pyrrole nitrogens is 1. The number of nitrogens with zero attached hydrogens (tertiary/aromatic N) is 3. The summed E-state index contributed by atoms with van der Waals surface area (Å²) in [5.41, 5.74) is 3.09. The Morgan fingerprint density at radius 3 is 2.76 bits per heavy atom. The third-order valence-corrected chi connectivity index (χ3v) is 4.29. The monoisotopic (exact) mass is 338 g/mol. The van der Waals surface area contributed by atoms with E-state index in [1.165, 1.54) is 0 Å². The minimum Gasteiger partial charge on any atom is -0.361 e. The first kappa shape index (κ1) is 17.0. The van der Waals surface area contributed by atoms with Crippen LogP contribution in [0.25, 0.3) is 11.3 Å². The SMILES string of the molecule is CCCc1cc(C(=O)N(C)C(C)c2cc(-c3ccccc3)n[nH]2)no1. The number of carbonyl (C=O) groups excluding carboxylic acids is 1. The molecule has 1 amide bonds. The van der Waals surface area contributed by atoms with Crippen molar-refractivity contribution in [3.8, 4) is 11.3 Å². The van der Waals surface area contributed by atoms with Crippen molar-refractivity contribution in [3.05, 3.63) is 59.6 Å². The van der Waals surface area contributed by atoms with Crippen molar-refractivity contribution in [2.45, 2.75) is 32.7 Å². The van der Waals surface area contributed by atoms with Gasteiger partial charge in [0.15, 0.2) is 5.69 Å². The van der Waals surface area contributed by atoms with Crippen molar-refractivity contribution in [1.82, 2.24) is 20.3 Å². The average Bonchev–Trinajstić information content (AvgIpc) is 3.31. The molecule has 0 aliphatic heterocycles. The molecule has 0 fully saturated rings. The molecule has 3 rings (SSSR count). The lowest BCUT2D eigenvalue weighted by Gasteiger charge is -2.22. The summed E-state index contributed by atoms with van der Waals surface area (Å²) < 4.78 is 5.21. The highest BCUT2D eigenvalue weighted by Crippen LogP contribution is 2.24. The van der Waals surface area contributed by atoms with E-state index in [2.05, 4.69) is 22.3 Å². The van der Waals surface area contributed by atoms with Gasteiger partial charge in [-0.3, -0.25) is 9.89 Å². The number of carbonyl (C=O) groups is 1. The molecule has 0 spiro atoms. The molecule has 1 N–H and O–H groups in total. The minimum absolute atomic E-state index is 0.163. The molecule has 2 heterocycles. The van der Waals surface area contributed by atoms with Crippen LogP contribution in [0.2, 0.25) is 0 Å². The maximum Gasteiger partial charge on any atom is 0.276 e. The minimum atomic E-state index is -0.172. The van der Waals surface area contributed by atoms with Crippen molar-refractivity contribution >= 4 is 5.91 Å². The van der Waals surface area contributed by atoms with Crippen LogP contribution < -0.4 is 0 Å². The standard InChI is InChI=1S/C19H22N4O2/c1-4-8-15-11-18(22-25-15)19(24)23(3)13(2)16-12-17(21-20-16)14-9-6-5-7-10-14/h5-7,9-13H,4,8H2,1-3H3,(H,20,21). The summed E-state index contributed by atoms with van der Waals surface area (Å²) in [6, 6.07) is 13.4. The Bertz CT molecular complexity index is 838. The van der Waals surface area contributed by atoms with Crippen LogP contribution in [-0.4, -0.2) is 33.2 Å². The molecular weight excluding hydrogens is 316 g/mol. The quantitative estimate of drug-likeness (QED) is 0.741. The summed E-state index contributed by atoms with van der Waals surface area (Å²) in [6.45, 7) is 4.01. The largest absolute Gasteiger partial charge is 0.361 e. The first-order valence-electron chi connectivity index (χ1n) is 8.43. The highest BCUT2D eigenvalue weighted by Gasteiger charge is 2.23. The maximum absolute atomic E-state index is 12.6. The Kier molecular flexibility index (Phi) is 4.97. The van der Waals surface area contributed by atoms with Gasteiger partial charge in [-0.2, -0.15) is 5.10 Å². The van der Waals surface area contributed by atoms with E-state index >= 15 is 0 Å². The number of rotatable bonds is 6. The fraction of sp³-hybridized carbons (Fsp3) is 0.316. The fourth-order valence-corrected chi connectivity index (χ4v) is 2.65. The number of hydrogen-bond donors (Lipinski definition) is 1. The van der Waals surface area contributed by atoms with Gasteiger partial charge in [0.05, 0.1) is 17.4 Å². The average molecular weight is 338 g/mol. The van der Waals surface area contributed by atoms with E-state index in [-0.39, 0.29) is 11.9 Å². The van der Waals surface area contributed by atoms with Gasteiger partial charge in [0, 0.05) is 25.1 Å². The van der Waals surface area contributed by atoms with Crippen molar-refractivity contribution < 1.29 is 9.32 Å². The van der Waals surface area contributed by atoms with Gasteiger partial charge in [0.1, 0.15) is 5.76 Å². The van der Waals surface area contributed by atoms with Gasteiger partial charge in [-0.15, -0.1) is 0 Å². The molecule has 25 heavy (non-hydrogen) atoms. The number of hydrogen-bond acceptors (Lipinski definition) is 4. The van der Waals surface area contributed by atoms with E-state index in [4.69, 9.17) is 4.52 Å². The zero-order valence-corrected chi connectivity index (χ0v) is 14.7. The van der Waals surface area contributed by atoms with Crippen LogP contribution in [-0.2, 0) is 6.42 Å². The Morgan fingerprint density at radius 1 is 1.28 bits per heavy atom. The van der Waals surface area contributed by atoms with Crippen LogP contribution in [0.5, 0.6) is 0 Å². The number of aromatic amines is 1. The molecule has 130 valence electrons. The first-order chi connectivity index (χ1) is 12.1. The van der Waals surface area contributed by atoms with Crippen LogP contribution >= 0.6 is 0 Å². The third kappa shape index (κ3) is 3.63. The van der Waals surface area contributed by atoms with E-state index in [1.54, 1.807) is 18.0 Å². The molecule has 2 aromatic heterocycles. The van der Waals surface area contributed by atoms with Gasteiger partial charge < -0.3 is 9.42 Å². The zero-order valence-electron chi connectivity index (χ0n) is 14.7. The van der Waals surface area contributed by atoms with Crippen LogP contribution in [0.3, 0.4) is 0 Å². The lowest BCUT2D eigenvalue weighted by molar-refractivity contribution is 0.0729. The van der Waals surface area contributed by atoms with E-state index in [9.17, 15) is 4.79 Å². The number of aryl methyl sites for hydroxylation is 1. The van der Waals surface area contributed by atoms with E-state index in [1.807, 2.05) is 43.3 Å². The topological polar surface area (TPSA) is 75.0 Å². The van der Waals surface area contributed by atoms with Crippen LogP contribution in [0.15, 0.2) is 47.0 Å². The molecule has 0 radical (unpaired) electrons. The van der Waals surface area contributed by atoms with Gasteiger partial charge >= 0.3 is 0 Å². The summed E-state index contributed by atoms with van der Waals surface area (Å²) >= 11 is 0. The fourth-order valence-electron chi connectivity index (χ4n) is 2.65. The lowest BCUT2D eigenvalue weighted by Crippen LogP contribution is -2.30. The third-order valence-electron chi connectivity index (χ3n) is 4.29. The molecule has 0 aliphatic rings. The number of nitrogens with one attached hydrogen (secondary N) is 1. The first-order valence-corrected chi connectivity index (χ1v) is 8.43. The smallest absolute Gasteiger partial charge is 0.276 e. The Labute approximate surface area is 146 Å². The zero-order chi connectivity index (χ0) is 17.8. The molecule has 3 aromatic rings. The van der Waals surface area contributed by atoms with Gasteiger partial charge in [-0.25, -0.2) is 0 Å². The van der Waals surface area contributed by atoms with Crippen molar-refractivity contribution in [2.24, 2.45) is 0 Å². The van der Waals surface area contributed by atoms with Gasteiger partial charge in [-0.1, -0.05) is 42.4 Å². The summed E-state index contributed by atoms with van der Waals surface area (Å²) in [5.74, 6) is 0.564. The summed E-state index contributed by atoms with van der Waals surface area (Å²) in [5, 5.41) is 11.3. The summed E-state index contributed by atoms with van der Waals surface area (Å²) in [7, 11) is 1.75. The molecule has 0 saturated heterocycles. The summed E-state index contributed by atoms with van der Waals surface area (Å²) in [6.07, 6.45) is 1.73. The second kappa shape index (κ2) is 7.34. The molecule has 0 saturated carbocycles. The maximum atomic E-state index is 12.6. The highest BCUT2D eigenvalue weighted by atomic mass is 16.5. The molecule has 1 aromatic carbocycles. The van der Waals surface area contributed by atoms with Crippen molar-refractivity contribution in [2.75, 3.05) is 7.05 Å². The molecule has 0 bridgehead atoms. The van der Waals surface area contributed by atoms with Gasteiger partial charge in [0.2, 0.25) is 0 Å². The number of aromatic nitrogens is 3. The molecule has 6 heteroatoms. The second-order valence-electron chi connectivity index (χ2n) is 6.10. The normalized spacial score (nSPS) is 12.1. The predicted octanol–water partition coefficient (Wildman–Crippen LogP) is 3.85. The van der Waals surface area contributed by atoms with E-state index in [0.29, 0.717) is 5.69 Å². The molecule has 0 aliphatic carbocycles. The number of amides is 1. The number of benzene rings is 1. The molecule has 1 atom stereocenters. The predicted molar refractivity (Wildman–Crippen MR) is 95.0 cm³/mol. The highest BCUT2D eigenvalue weighted by molar-refractivity contribution is 5.92. The Balaban J connectivity index is 1.74. The van der Waals surface area contributed by atoms with E-state index in [0.717, 1.165) is 35.6 Å². The van der Waals surface area contributed by atoms with Gasteiger partial charge in [0.25, 0.3) is 5.91 Å². The van der Waals surface area contributed by atoms with Crippen molar-refractivity contribution in [3.63, 3.8) is 0 Å². The van der Waals surface area contributed by atoms with E-state index < -0.39 is 0 Å². The van der Waals surface area contributed by atoms with Crippen molar-refractivity contribution in [1.29, 1.82) is 0 Å². The summed E-state index contributed by atoms with van der Waals surface area (Å²) in [4.78, 5) is 14.3. The van der Waals surface area contributed by atoms with Crippen LogP contribution in [0.4, 0.5) is 0 Å². The van der Waals surface area contributed by atoms with Crippen LogP contribution in [0.1, 0.15) is 48.3 Å². The lowest BCUT2D eigenvalue weighted by atomic mass is 10.1.